The average Bonchev–Trinajstić information content (AvgIpc) is 2.90. The molecule has 2 aromatic rings. The minimum atomic E-state index is -6.65. The summed E-state index contributed by atoms with van der Waals surface area (Å²) in [6.45, 7) is 0. The third kappa shape index (κ3) is 4.46. The lowest BCUT2D eigenvalue weighted by Crippen LogP contribution is -2.50. The summed E-state index contributed by atoms with van der Waals surface area (Å²) in [6.07, 6.45) is -11.6. The Morgan fingerprint density at radius 2 is 1.52 bits per heavy atom. The maximum absolute atomic E-state index is 13.7. The molecule has 2 rings (SSSR count). The highest BCUT2D eigenvalue weighted by molar-refractivity contribution is 8.00. The van der Waals surface area contributed by atoms with Crippen molar-refractivity contribution in [3.8, 4) is 11.8 Å². The first kappa shape index (κ1) is 25.2. The summed E-state index contributed by atoms with van der Waals surface area (Å²) in [6, 6.07) is 2.01. The van der Waals surface area contributed by atoms with Gasteiger partial charge in [-0.05, 0) is 23.9 Å². The van der Waals surface area contributed by atoms with E-state index in [1.54, 1.807) is 0 Å². The van der Waals surface area contributed by atoms with Gasteiger partial charge in [0.15, 0.2) is 5.69 Å². The fraction of sp³-hybridized carbons (Fsp3) is 0.286. The van der Waals surface area contributed by atoms with E-state index < -0.39 is 73.0 Å². The van der Waals surface area contributed by atoms with Gasteiger partial charge in [0, 0.05) is 0 Å². The van der Waals surface area contributed by atoms with Crippen molar-refractivity contribution in [2.75, 3.05) is 5.73 Å². The van der Waals surface area contributed by atoms with Crippen LogP contribution in [0, 0.1) is 11.3 Å². The molecule has 0 saturated heterocycles. The van der Waals surface area contributed by atoms with Crippen LogP contribution in [0.25, 0.3) is 5.69 Å². The summed E-state index contributed by atoms with van der Waals surface area (Å²) >= 11 is 9.81. The summed E-state index contributed by atoms with van der Waals surface area (Å²) < 4.78 is 130. The lowest BCUT2D eigenvalue weighted by Gasteiger charge is -2.27. The number of alkyl halides is 10. The van der Waals surface area contributed by atoms with Crippen LogP contribution in [0.1, 0.15) is 11.3 Å². The Morgan fingerprint density at radius 3 is 1.97 bits per heavy atom. The van der Waals surface area contributed by atoms with Gasteiger partial charge < -0.3 is 5.73 Å². The molecule has 17 heteroatoms. The molecule has 1 aromatic heterocycles. The van der Waals surface area contributed by atoms with Gasteiger partial charge >= 0.3 is 23.5 Å². The number of nitrogen functional groups attached to an aromatic ring is 1. The van der Waals surface area contributed by atoms with E-state index in [4.69, 9.17) is 34.2 Å². The highest BCUT2D eigenvalue weighted by Crippen LogP contribution is 2.55. The molecule has 2 N–H and O–H groups in total. The molecule has 0 atom stereocenters. The molecular formula is C14H4Cl2F10N4S. The number of nitrogens with two attached hydrogens (primary N) is 1. The lowest BCUT2D eigenvalue weighted by atomic mass is 10.2. The topological polar surface area (TPSA) is 67.6 Å². The van der Waals surface area contributed by atoms with Crippen molar-refractivity contribution in [1.82, 2.24) is 9.78 Å². The predicted octanol–water partition coefficient (Wildman–Crippen LogP) is 6.53. The van der Waals surface area contributed by atoms with E-state index in [9.17, 15) is 43.9 Å². The summed E-state index contributed by atoms with van der Waals surface area (Å²) in [5.41, 5.74) is 2.35. The molecular weight excluding hydrogens is 517 g/mol. The van der Waals surface area contributed by atoms with E-state index >= 15 is 0 Å². The Hall–Kier alpha value is -2.05. The van der Waals surface area contributed by atoms with E-state index in [2.05, 4.69) is 5.10 Å². The van der Waals surface area contributed by atoms with Gasteiger partial charge in [0.2, 0.25) is 0 Å². The summed E-state index contributed by atoms with van der Waals surface area (Å²) in [5.74, 6) is -7.60. The number of hydrogen-bond acceptors (Lipinski definition) is 4. The second-order valence-electron chi connectivity index (χ2n) is 5.56. The van der Waals surface area contributed by atoms with E-state index in [1.165, 1.54) is 0 Å². The Morgan fingerprint density at radius 1 is 0.968 bits per heavy atom. The molecule has 0 saturated carbocycles. The molecule has 0 fully saturated rings. The number of halogens is 12. The third-order valence-electron chi connectivity index (χ3n) is 3.50. The lowest BCUT2D eigenvalue weighted by molar-refractivity contribution is -0.330. The Kier molecular flexibility index (Phi) is 6.36. The molecule has 0 unspecified atom stereocenters. The highest BCUT2D eigenvalue weighted by Gasteiger charge is 2.73. The van der Waals surface area contributed by atoms with Crippen LogP contribution in [0.5, 0.6) is 0 Å². The van der Waals surface area contributed by atoms with Crippen LogP contribution in [-0.4, -0.2) is 27.1 Å². The van der Waals surface area contributed by atoms with Crippen LogP contribution < -0.4 is 5.73 Å². The summed E-state index contributed by atoms with van der Waals surface area (Å²) in [4.78, 5) is -1.29. The number of thioether (sulfide) groups is 1. The first-order chi connectivity index (χ1) is 13.8. The van der Waals surface area contributed by atoms with Gasteiger partial charge in [-0.15, -0.1) is 0 Å². The molecule has 0 spiro atoms. The van der Waals surface area contributed by atoms with Crippen LogP contribution in [-0.2, 0) is 6.18 Å². The van der Waals surface area contributed by atoms with Gasteiger partial charge in [0.25, 0.3) is 0 Å². The first-order valence-electron chi connectivity index (χ1n) is 7.21. The van der Waals surface area contributed by atoms with Gasteiger partial charge in [-0.25, -0.2) is 4.68 Å². The molecule has 0 radical (unpaired) electrons. The van der Waals surface area contributed by atoms with Gasteiger partial charge in [-0.2, -0.15) is 54.3 Å². The Balaban J connectivity index is 2.63. The maximum Gasteiger partial charge on any atom is 0.460 e. The van der Waals surface area contributed by atoms with Crippen LogP contribution in [0.4, 0.5) is 49.7 Å². The number of aromatic nitrogens is 2. The SMILES string of the molecule is N#Cc1nn(-c2cc(Cl)c(C(F)(F)F)cc2Cl)c(N)c1SC(F)(F)C(F)(F)C(F)(F)F. The minimum Gasteiger partial charge on any atom is -0.383 e. The standard InChI is InChI=1S/C14H4Cl2F10N4S/c15-5-2-8(6(16)1-4(5)11(17,18)19)30-10(28)9(7(3-27)29-30)31-14(25,26)12(20,21)13(22,23)24/h1-2H,28H2. The number of hydrogen-bond donors (Lipinski definition) is 1. The zero-order valence-corrected chi connectivity index (χ0v) is 16.3. The number of anilines is 1. The molecule has 0 aliphatic carbocycles. The first-order valence-corrected chi connectivity index (χ1v) is 8.79. The molecule has 4 nitrogen and oxygen atoms in total. The van der Waals surface area contributed by atoms with Gasteiger partial charge in [-0.1, -0.05) is 23.2 Å². The fourth-order valence-electron chi connectivity index (χ4n) is 2.05. The van der Waals surface area contributed by atoms with E-state index in [1.807, 2.05) is 0 Å². The zero-order chi connectivity index (χ0) is 24.2. The average molecular weight is 521 g/mol. The molecule has 1 aromatic carbocycles. The van der Waals surface area contributed by atoms with Crippen molar-refractivity contribution in [2.45, 2.75) is 28.4 Å². The van der Waals surface area contributed by atoms with Crippen molar-refractivity contribution in [3.63, 3.8) is 0 Å². The molecule has 31 heavy (non-hydrogen) atoms. The molecule has 0 aliphatic rings. The second-order valence-corrected chi connectivity index (χ2v) is 7.50. The summed E-state index contributed by atoms with van der Waals surface area (Å²) in [7, 11) is 0. The van der Waals surface area contributed by atoms with Gasteiger partial charge in [0.1, 0.15) is 11.9 Å². The van der Waals surface area contributed by atoms with Crippen LogP contribution in [0.15, 0.2) is 17.0 Å². The van der Waals surface area contributed by atoms with Crippen molar-refractivity contribution in [3.05, 3.63) is 33.4 Å². The normalized spacial score (nSPS) is 13.4. The molecule has 1 heterocycles. The van der Waals surface area contributed by atoms with Crippen LogP contribution in [0.3, 0.4) is 0 Å². The van der Waals surface area contributed by atoms with Crippen molar-refractivity contribution < 1.29 is 43.9 Å². The minimum absolute atomic E-state index is 0.303. The number of rotatable bonds is 4. The smallest absolute Gasteiger partial charge is 0.383 e. The predicted molar refractivity (Wildman–Crippen MR) is 89.5 cm³/mol. The number of benzene rings is 1. The number of nitrogens with zero attached hydrogens (tertiary/aromatic N) is 3. The third-order valence-corrected chi connectivity index (χ3v) is 5.24. The van der Waals surface area contributed by atoms with Crippen molar-refractivity contribution in [2.24, 2.45) is 0 Å². The van der Waals surface area contributed by atoms with E-state index in [0.29, 0.717) is 16.8 Å². The van der Waals surface area contributed by atoms with Crippen LogP contribution in [0.2, 0.25) is 10.0 Å². The molecule has 0 bridgehead atoms. The zero-order valence-electron chi connectivity index (χ0n) is 14.0. The van der Waals surface area contributed by atoms with Crippen molar-refractivity contribution in [1.29, 1.82) is 5.26 Å². The Labute approximate surface area is 179 Å². The monoisotopic (exact) mass is 520 g/mol. The fourth-order valence-corrected chi connectivity index (χ4v) is 3.43. The largest absolute Gasteiger partial charge is 0.460 e. The molecule has 0 amide bonds. The van der Waals surface area contributed by atoms with E-state index in [-0.39, 0.29) is 0 Å². The number of nitriles is 1. The maximum atomic E-state index is 13.7. The molecule has 170 valence electrons. The van der Waals surface area contributed by atoms with Gasteiger partial charge in [-0.3, -0.25) is 0 Å². The Bertz CT molecular complexity index is 1060. The summed E-state index contributed by atoms with van der Waals surface area (Å²) in [5, 5.41) is 4.79. The quantitative estimate of drug-likeness (QED) is 0.367. The molecule has 0 aliphatic heterocycles. The highest BCUT2D eigenvalue weighted by atomic mass is 35.5. The van der Waals surface area contributed by atoms with Gasteiger partial charge in [0.05, 0.1) is 26.2 Å². The second kappa shape index (κ2) is 7.82. The van der Waals surface area contributed by atoms with E-state index in [0.717, 1.165) is 6.07 Å². The van der Waals surface area contributed by atoms with Crippen molar-refractivity contribution >= 4 is 40.8 Å². The van der Waals surface area contributed by atoms with Crippen LogP contribution >= 0.6 is 35.0 Å².